The molecular formula is C59H80N10O6S. The third-order valence-corrected chi connectivity index (χ3v) is 19.2. The number of rotatable bonds is 16. The van der Waals surface area contributed by atoms with Crippen molar-refractivity contribution in [3.05, 3.63) is 83.2 Å². The van der Waals surface area contributed by atoms with Gasteiger partial charge in [0, 0.05) is 88.4 Å². The summed E-state index contributed by atoms with van der Waals surface area (Å²) in [6.07, 6.45) is 10.6. The highest BCUT2D eigenvalue weighted by molar-refractivity contribution is 7.13. The van der Waals surface area contributed by atoms with Crippen LogP contribution in [0.25, 0.3) is 21.7 Å². The smallest absolute Gasteiger partial charge is 0.223 e. The summed E-state index contributed by atoms with van der Waals surface area (Å²) in [5, 5.41) is 37.8. The number of phenols is 1. The van der Waals surface area contributed by atoms with Gasteiger partial charge in [0.05, 0.1) is 64.0 Å². The fourth-order valence-electron chi connectivity index (χ4n) is 13.5. The zero-order valence-electron chi connectivity index (χ0n) is 45.1. The van der Waals surface area contributed by atoms with Crippen LogP contribution in [0.2, 0.25) is 0 Å². The maximum absolute atomic E-state index is 13.9. The Hall–Kier alpha value is -5.17. The number of hydrogen-bond acceptors (Lipinski definition) is 16. The molecular weight excluding hydrogens is 977 g/mol. The number of para-hydroxylation sites is 1. The molecule has 5 N–H and O–H groups in total. The molecule has 4 saturated heterocycles. The van der Waals surface area contributed by atoms with Crippen LogP contribution in [0.4, 0.5) is 17.3 Å². The Bertz CT molecular complexity index is 2720. The van der Waals surface area contributed by atoms with Crippen molar-refractivity contribution in [2.75, 3.05) is 81.0 Å². The van der Waals surface area contributed by atoms with E-state index in [1.807, 2.05) is 37.6 Å². The summed E-state index contributed by atoms with van der Waals surface area (Å²) < 4.78 is 19.5. The van der Waals surface area contributed by atoms with Crippen molar-refractivity contribution in [2.45, 2.75) is 140 Å². The van der Waals surface area contributed by atoms with Crippen molar-refractivity contribution in [3.63, 3.8) is 0 Å². The minimum Gasteiger partial charge on any atom is -0.507 e. The Labute approximate surface area is 452 Å². The number of aliphatic hydroxyl groups excluding tert-OH is 1. The van der Waals surface area contributed by atoms with E-state index in [0.717, 1.165) is 157 Å². The van der Waals surface area contributed by atoms with Crippen LogP contribution < -0.4 is 20.9 Å². The quantitative estimate of drug-likeness (QED) is 0.0732. The molecule has 0 radical (unpaired) electrons. The number of likely N-dealkylation sites (tertiary alicyclic amines) is 1. The molecule has 1 amide bonds. The number of nitrogen functional groups attached to an aromatic ring is 1. The second kappa shape index (κ2) is 23.0. The number of hydrogen-bond donors (Lipinski definition) is 4. The molecule has 5 atom stereocenters. The predicted octanol–water partition coefficient (Wildman–Crippen LogP) is 8.85. The van der Waals surface area contributed by atoms with Crippen LogP contribution in [0, 0.1) is 30.6 Å². The van der Waals surface area contributed by atoms with Crippen molar-refractivity contribution in [1.82, 2.24) is 35.5 Å². The van der Waals surface area contributed by atoms with E-state index in [2.05, 4.69) is 89.4 Å². The van der Waals surface area contributed by atoms with Gasteiger partial charge in [0.1, 0.15) is 11.5 Å². The molecule has 5 aromatic rings. The predicted molar refractivity (Wildman–Crippen MR) is 297 cm³/mol. The van der Waals surface area contributed by atoms with Gasteiger partial charge < -0.3 is 50.0 Å². The normalized spacial score (nSPS) is 25.7. The number of morpholine rings is 1. The van der Waals surface area contributed by atoms with E-state index in [0.29, 0.717) is 60.0 Å². The van der Waals surface area contributed by atoms with Gasteiger partial charge in [-0.1, -0.05) is 55.4 Å². The molecule has 0 bridgehead atoms. The summed E-state index contributed by atoms with van der Waals surface area (Å²) in [5.74, 6) is 3.26. The highest BCUT2D eigenvalue weighted by atomic mass is 32.1. The lowest BCUT2D eigenvalue weighted by Crippen LogP contribution is -2.61. The molecule has 1 unspecified atom stereocenters. The molecule has 4 aliphatic heterocycles. The second-order valence-corrected chi connectivity index (χ2v) is 24.5. The lowest BCUT2D eigenvalue weighted by Gasteiger charge is -2.52. The van der Waals surface area contributed by atoms with Crippen molar-refractivity contribution < 1.29 is 29.0 Å². The average molecular weight is 1060 g/mol. The number of thiazole rings is 1. The lowest BCUT2D eigenvalue weighted by atomic mass is 9.80. The molecule has 2 aliphatic carbocycles. The van der Waals surface area contributed by atoms with E-state index < -0.39 is 6.10 Å². The Kier molecular flexibility index (Phi) is 16.0. The Morgan fingerprint density at radius 1 is 0.908 bits per heavy atom. The number of aryl methyl sites for hydroxylation is 1. The zero-order valence-corrected chi connectivity index (χ0v) is 45.9. The number of phenolic OH excluding ortho intramolecular Hbond substituents is 1. The van der Waals surface area contributed by atoms with Gasteiger partial charge in [0.15, 0.2) is 11.6 Å². The number of anilines is 3. The number of nitrogens with zero attached hydrogens (tertiary/aromatic N) is 8. The number of benzene rings is 2. The topological polar surface area (TPSA) is 192 Å². The van der Waals surface area contributed by atoms with Crippen LogP contribution in [0.5, 0.6) is 5.75 Å². The first-order chi connectivity index (χ1) is 36.8. The number of carbonyl (C=O) groups is 1. The number of piperidine rings is 3. The van der Waals surface area contributed by atoms with Crippen LogP contribution >= 0.6 is 11.3 Å². The van der Waals surface area contributed by atoms with Gasteiger partial charge >= 0.3 is 0 Å². The molecule has 3 aromatic heterocycles. The molecule has 6 aliphatic rings. The van der Waals surface area contributed by atoms with Gasteiger partial charge in [-0.15, -0.1) is 21.5 Å². The SMILES string of the molecule is Cc1ncsc1-c1ccc([C@H](C)NC(=O)[C@@H]2C[C@@H](O)CC2C[C@@H](c2cc(N3CCC(CN4CCC(OC5CC(N6CCOC7(CCN(c8cc(-c9ccccc9O)nnc8N)CC7)C6)C5)CC4)CC3)no2)C(C)C)cc1. The number of carbonyl (C=O) groups excluding carboxylic acids is 1. The van der Waals surface area contributed by atoms with Crippen molar-refractivity contribution >= 4 is 34.6 Å². The minimum atomic E-state index is -0.487. The largest absolute Gasteiger partial charge is 0.507 e. The average Bonchev–Trinajstić information content (AvgIpc) is 4.18. The van der Waals surface area contributed by atoms with E-state index >= 15 is 0 Å². The van der Waals surface area contributed by atoms with Crippen LogP contribution in [-0.2, 0) is 14.3 Å². The molecule has 76 heavy (non-hydrogen) atoms. The van der Waals surface area contributed by atoms with E-state index in [1.54, 1.807) is 23.5 Å². The fourth-order valence-corrected chi connectivity index (χ4v) is 14.3. The number of ether oxygens (including phenoxy) is 2. The number of nitrogens with one attached hydrogen (secondary N) is 1. The standard InChI is InChI=1S/C59H80N10O6S/c1-37(2)49(28-43-27-45(70)31-50(43)58(72)62-38(3)41-9-11-42(12-10-41)56-39(4)61-36-76-56)54-33-55(65-75-54)68-21-13-40(14-22-68)34-66-19-15-46(16-20-66)74-47-29-44(30-47)69-25-26-73-59(35-69)17-23-67(24-18-59)52-32-51(63-64-57(52)60)48-7-5-6-8-53(48)71/h5-12,32-33,36-38,40,43-47,49-50,70-71H,13-31,34-35H2,1-4H3,(H2,60,64)(H,62,72)/t38-,43?,44?,45-,47?,49+,50+/m0/s1. The molecule has 2 aromatic carbocycles. The van der Waals surface area contributed by atoms with Gasteiger partial charge in [-0.05, 0) is 132 Å². The van der Waals surface area contributed by atoms with E-state index in [1.165, 1.54) is 4.88 Å². The monoisotopic (exact) mass is 1060 g/mol. The van der Waals surface area contributed by atoms with Gasteiger partial charge in [-0.2, -0.15) is 0 Å². The molecule has 17 heteroatoms. The number of aromatic hydroxyl groups is 1. The van der Waals surface area contributed by atoms with Gasteiger partial charge in [0.2, 0.25) is 5.91 Å². The first-order valence-electron chi connectivity index (χ1n) is 28.5. The maximum Gasteiger partial charge on any atom is 0.223 e. The Balaban J connectivity index is 0.588. The summed E-state index contributed by atoms with van der Waals surface area (Å²) in [4.78, 5) is 29.5. The summed E-state index contributed by atoms with van der Waals surface area (Å²) in [6.45, 7) is 18.2. The number of amides is 1. The van der Waals surface area contributed by atoms with E-state index in [9.17, 15) is 15.0 Å². The van der Waals surface area contributed by atoms with Crippen LogP contribution in [-0.4, -0.2) is 142 Å². The van der Waals surface area contributed by atoms with Crippen molar-refractivity contribution in [3.8, 4) is 27.4 Å². The van der Waals surface area contributed by atoms with Crippen molar-refractivity contribution in [1.29, 1.82) is 0 Å². The summed E-state index contributed by atoms with van der Waals surface area (Å²) >= 11 is 1.64. The summed E-state index contributed by atoms with van der Waals surface area (Å²) in [7, 11) is 0. The van der Waals surface area contributed by atoms with Crippen LogP contribution in [0.3, 0.4) is 0 Å². The molecule has 16 nitrogen and oxygen atoms in total. The number of nitrogens with two attached hydrogens (primary N) is 1. The van der Waals surface area contributed by atoms with E-state index in [-0.39, 0.29) is 41.1 Å². The summed E-state index contributed by atoms with van der Waals surface area (Å²) in [6, 6.07) is 20.1. The molecule has 2 saturated carbocycles. The van der Waals surface area contributed by atoms with Gasteiger partial charge in [0.25, 0.3) is 0 Å². The highest BCUT2D eigenvalue weighted by Crippen LogP contribution is 2.44. The summed E-state index contributed by atoms with van der Waals surface area (Å²) in [5.41, 5.74) is 13.4. The maximum atomic E-state index is 13.9. The third kappa shape index (κ3) is 11.8. The molecule has 11 rings (SSSR count). The second-order valence-electron chi connectivity index (χ2n) is 23.6. The minimum absolute atomic E-state index is 0.0170. The molecule has 408 valence electrons. The molecule has 7 heterocycles. The molecule has 6 fully saturated rings. The first kappa shape index (κ1) is 52.9. The van der Waals surface area contributed by atoms with Crippen molar-refractivity contribution in [2.24, 2.45) is 23.7 Å². The molecule has 1 spiro atoms. The van der Waals surface area contributed by atoms with Gasteiger partial charge in [-0.25, -0.2) is 4.98 Å². The number of aromatic nitrogens is 4. The van der Waals surface area contributed by atoms with Crippen LogP contribution in [0.15, 0.2) is 70.7 Å². The fraction of sp³-hybridized carbons (Fsp3) is 0.610. The Morgan fingerprint density at radius 2 is 1.67 bits per heavy atom. The Morgan fingerprint density at radius 3 is 2.39 bits per heavy atom. The van der Waals surface area contributed by atoms with Gasteiger partial charge in [-0.3, -0.25) is 9.69 Å². The highest BCUT2D eigenvalue weighted by Gasteiger charge is 2.46. The van der Waals surface area contributed by atoms with Crippen LogP contribution in [0.1, 0.15) is 120 Å². The first-order valence-corrected chi connectivity index (χ1v) is 29.3. The van der Waals surface area contributed by atoms with E-state index in [4.69, 9.17) is 19.7 Å². The zero-order chi connectivity index (χ0) is 52.5. The number of aliphatic hydroxyl groups is 1. The lowest BCUT2D eigenvalue weighted by molar-refractivity contribution is -0.159. The third-order valence-electron chi connectivity index (χ3n) is 18.3.